The number of allylic oxidation sites excluding steroid dienone is 1. The van der Waals surface area contributed by atoms with Crippen LogP contribution in [0.3, 0.4) is 0 Å². The van der Waals surface area contributed by atoms with E-state index in [0.717, 1.165) is 17.7 Å². The van der Waals surface area contributed by atoms with Crippen LogP contribution in [-0.2, 0) is 16.0 Å². The topological polar surface area (TPSA) is 119 Å². The van der Waals surface area contributed by atoms with Crippen LogP contribution in [0.25, 0.3) is 0 Å². The molecule has 1 saturated heterocycles. The van der Waals surface area contributed by atoms with Gasteiger partial charge in [-0.1, -0.05) is 48.6 Å². The Kier molecular flexibility index (Phi) is 8.64. The number of carbonyl (C=O) groups excluding carboxylic acids is 3. The molecule has 2 aromatic rings. The summed E-state index contributed by atoms with van der Waals surface area (Å²) in [5.41, 5.74) is 1.13. The van der Waals surface area contributed by atoms with E-state index in [1.54, 1.807) is 37.3 Å². The van der Waals surface area contributed by atoms with Crippen LogP contribution in [0.15, 0.2) is 60.7 Å². The number of phenols is 1. The normalized spacial score (nSPS) is 21.7. The van der Waals surface area contributed by atoms with Crippen molar-refractivity contribution >= 4 is 17.7 Å². The zero-order valence-corrected chi connectivity index (χ0v) is 21.6. The Hall–Kier alpha value is -3.79. The molecule has 0 spiro atoms. The second kappa shape index (κ2) is 11.9. The van der Waals surface area contributed by atoms with E-state index >= 15 is 0 Å². The quantitative estimate of drug-likeness (QED) is 0.384. The lowest BCUT2D eigenvalue weighted by atomic mass is 9.98. The van der Waals surface area contributed by atoms with Crippen LogP contribution in [0.1, 0.15) is 47.2 Å². The van der Waals surface area contributed by atoms with Gasteiger partial charge in [0.2, 0.25) is 5.91 Å². The lowest BCUT2D eigenvalue weighted by molar-refractivity contribution is -0.147. The lowest BCUT2D eigenvalue weighted by Crippen LogP contribution is -2.56. The molecule has 0 saturated carbocycles. The molecular weight excluding hydrogens is 508 g/mol. The number of aromatic hydroxyl groups is 1. The van der Waals surface area contributed by atoms with Gasteiger partial charge in [-0.2, -0.15) is 0 Å². The number of phenolic OH excluding ortho intramolecular Hbond substituents is 1. The maximum Gasteiger partial charge on any atom is 0.267 e. The molecule has 1 unspecified atom stereocenters. The first kappa shape index (κ1) is 28.2. The predicted octanol–water partition coefficient (Wildman–Crippen LogP) is 2.86. The van der Waals surface area contributed by atoms with Gasteiger partial charge in [-0.05, 0) is 50.3 Å². The van der Waals surface area contributed by atoms with Gasteiger partial charge in [0.15, 0.2) is 6.10 Å². The number of aliphatic hydroxyl groups excluding tert-OH is 1. The van der Waals surface area contributed by atoms with Gasteiger partial charge >= 0.3 is 0 Å². The van der Waals surface area contributed by atoms with E-state index in [0.29, 0.717) is 17.5 Å². The third-order valence-corrected chi connectivity index (χ3v) is 7.24. The number of nitrogens with one attached hydrogen (secondary N) is 2. The van der Waals surface area contributed by atoms with Gasteiger partial charge in [0.25, 0.3) is 17.7 Å². The SMILES string of the molecule is Cc1c(O)cccc1C(=O)NC(Cc1ccccc1)[C@H](O)C(=O)N1CC(F)(F)C[C@H]1C(=O)N[C@@H]1C=CCCC1. The first-order chi connectivity index (χ1) is 18.6. The minimum Gasteiger partial charge on any atom is -0.508 e. The Morgan fingerprint density at radius 2 is 1.87 bits per heavy atom. The van der Waals surface area contributed by atoms with Crippen molar-refractivity contribution in [2.75, 3.05) is 6.54 Å². The molecule has 39 heavy (non-hydrogen) atoms. The Labute approximate surface area is 225 Å². The van der Waals surface area contributed by atoms with Gasteiger partial charge in [0.1, 0.15) is 11.8 Å². The molecule has 8 nitrogen and oxygen atoms in total. The number of halogens is 2. The summed E-state index contributed by atoms with van der Waals surface area (Å²) < 4.78 is 29.0. The summed E-state index contributed by atoms with van der Waals surface area (Å²) in [6, 6.07) is 10.2. The molecule has 0 radical (unpaired) electrons. The van der Waals surface area contributed by atoms with Gasteiger partial charge in [-0.15, -0.1) is 0 Å². The second-order valence-electron chi connectivity index (χ2n) is 10.2. The Balaban J connectivity index is 1.56. The third kappa shape index (κ3) is 6.81. The fourth-order valence-corrected chi connectivity index (χ4v) is 5.06. The van der Waals surface area contributed by atoms with Crippen LogP contribution in [0.5, 0.6) is 5.75 Å². The van der Waals surface area contributed by atoms with Crippen LogP contribution < -0.4 is 10.6 Å². The largest absolute Gasteiger partial charge is 0.508 e. The molecule has 4 rings (SSSR count). The average molecular weight is 542 g/mol. The second-order valence-corrected chi connectivity index (χ2v) is 10.2. The summed E-state index contributed by atoms with van der Waals surface area (Å²) >= 11 is 0. The number of benzene rings is 2. The van der Waals surface area contributed by atoms with Crippen molar-refractivity contribution in [1.82, 2.24) is 15.5 Å². The number of amides is 3. The minimum atomic E-state index is -3.31. The van der Waals surface area contributed by atoms with Crippen molar-refractivity contribution in [3.05, 3.63) is 77.4 Å². The van der Waals surface area contributed by atoms with E-state index in [4.69, 9.17) is 0 Å². The number of aliphatic hydroxyl groups is 1. The molecule has 1 aliphatic heterocycles. The van der Waals surface area contributed by atoms with Crippen LogP contribution in [0.2, 0.25) is 0 Å². The fourth-order valence-electron chi connectivity index (χ4n) is 5.06. The highest BCUT2D eigenvalue weighted by molar-refractivity contribution is 5.97. The number of hydrogen-bond acceptors (Lipinski definition) is 5. The molecule has 3 amide bonds. The average Bonchev–Trinajstić information content (AvgIpc) is 3.25. The Bertz CT molecular complexity index is 1240. The molecule has 4 N–H and O–H groups in total. The van der Waals surface area contributed by atoms with Crippen LogP contribution in [0, 0.1) is 6.92 Å². The third-order valence-electron chi connectivity index (χ3n) is 7.24. The van der Waals surface area contributed by atoms with Crippen LogP contribution in [-0.4, -0.2) is 69.5 Å². The minimum absolute atomic E-state index is 0.0192. The molecule has 2 aromatic carbocycles. The van der Waals surface area contributed by atoms with Crippen LogP contribution in [0.4, 0.5) is 8.78 Å². The zero-order valence-electron chi connectivity index (χ0n) is 21.6. The fraction of sp³-hybridized carbons (Fsp3) is 0.414. The van der Waals surface area contributed by atoms with E-state index in [-0.39, 0.29) is 23.8 Å². The molecule has 10 heteroatoms. The summed E-state index contributed by atoms with van der Waals surface area (Å²) in [5.74, 6) is -5.83. The Morgan fingerprint density at radius 1 is 1.13 bits per heavy atom. The van der Waals surface area contributed by atoms with Crippen molar-refractivity contribution in [1.29, 1.82) is 0 Å². The first-order valence-electron chi connectivity index (χ1n) is 13.0. The van der Waals surface area contributed by atoms with E-state index in [2.05, 4.69) is 10.6 Å². The molecule has 2 aliphatic rings. The number of nitrogens with zero attached hydrogens (tertiary/aromatic N) is 1. The Morgan fingerprint density at radius 3 is 2.56 bits per heavy atom. The number of carbonyl (C=O) groups is 3. The summed E-state index contributed by atoms with van der Waals surface area (Å²) in [7, 11) is 0. The van der Waals surface area contributed by atoms with E-state index in [9.17, 15) is 33.4 Å². The maximum atomic E-state index is 14.5. The van der Waals surface area contributed by atoms with Crippen molar-refractivity contribution in [3.8, 4) is 5.75 Å². The zero-order chi connectivity index (χ0) is 28.2. The molecule has 1 aliphatic carbocycles. The van der Waals surface area contributed by atoms with Gasteiger partial charge < -0.3 is 25.7 Å². The molecule has 208 valence electrons. The molecule has 4 atom stereocenters. The van der Waals surface area contributed by atoms with E-state index < -0.39 is 54.8 Å². The van der Waals surface area contributed by atoms with Crippen molar-refractivity contribution in [2.45, 2.75) is 69.2 Å². The van der Waals surface area contributed by atoms with E-state index in [1.807, 2.05) is 12.2 Å². The number of hydrogen-bond donors (Lipinski definition) is 4. The van der Waals surface area contributed by atoms with Gasteiger partial charge in [-0.3, -0.25) is 14.4 Å². The van der Waals surface area contributed by atoms with Gasteiger partial charge in [0, 0.05) is 23.6 Å². The lowest BCUT2D eigenvalue weighted by Gasteiger charge is -2.31. The molecule has 1 heterocycles. The first-order valence-corrected chi connectivity index (χ1v) is 13.0. The van der Waals surface area contributed by atoms with Crippen molar-refractivity contribution < 1.29 is 33.4 Å². The smallest absolute Gasteiger partial charge is 0.267 e. The summed E-state index contributed by atoms with van der Waals surface area (Å²) in [4.78, 5) is 40.3. The predicted molar refractivity (Wildman–Crippen MR) is 140 cm³/mol. The molecule has 1 fully saturated rings. The summed E-state index contributed by atoms with van der Waals surface area (Å²) in [6.45, 7) is 0.536. The molecule has 0 aromatic heterocycles. The highest BCUT2D eigenvalue weighted by Gasteiger charge is 2.51. The summed E-state index contributed by atoms with van der Waals surface area (Å²) in [6.07, 6.45) is 3.37. The maximum absolute atomic E-state index is 14.5. The number of rotatable bonds is 8. The monoisotopic (exact) mass is 541 g/mol. The standard InChI is InChI=1S/C29H33F2N3O5/c1-18-21(13-8-14-24(18)35)26(37)33-22(15-19-9-4-2-5-10-19)25(36)28(39)34-17-29(30,31)16-23(34)27(38)32-20-11-6-3-7-12-20/h2,4-6,8-11,13-14,20,22-23,25,35-36H,3,7,12,15-17H2,1H3,(H,32,38)(H,33,37)/t20-,22?,23+,25+/m1/s1. The van der Waals surface area contributed by atoms with Crippen molar-refractivity contribution in [2.24, 2.45) is 0 Å². The molecule has 0 bridgehead atoms. The van der Waals surface area contributed by atoms with E-state index in [1.165, 1.54) is 18.2 Å². The summed E-state index contributed by atoms with van der Waals surface area (Å²) in [5, 5.41) is 26.5. The number of alkyl halides is 2. The number of likely N-dealkylation sites (tertiary alicyclic amines) is 1. The molecular formula is C29H33F2N3O5. The van der Waals surface area contributed by atoms with Gasteiger partial charge in [-0.25, -0.2) is 8.78 Å². The highest BCUT2D eigenvalue weighted by Crippen LogP contribution is 2.33. The highest BCUT2D eigenvalue weighted by atomic mass is 19.3. The van der Waals surface area contributed by atoms with Crippen LogP contribution >= 0.6 is 0 Å². The van der Waals surface area contributed by atoms with Gasteiger partial charge in [0.05, 0.1) is 12.6 Å². The van der Waals surface area contributed by atoms with Crippen molar-refractivity contribution in [3.63, 3.8) is 0 Å².